The fraction of sp³-hybridized carbons (Fsp3) is 0.808. The number of rotatable bonds is 23. The van der Waals surface area contributed by atoms with Crippen molar-refractivity contribution in [3.8, 4) is 0 Å². The van der Waals surface area contributed by atoms with E-state index in [2.05, 4.69) is 35.8 Å². The van der Waals surface area contributed by atoms with Gasteiger partial charge < -0.3 is 28.3 Å². The molecule has 0 bridgehead atoms. The van der Waals surface area contributed by atoms with Crippen LogP contribution in [0.3, 0.4) is 0 Å². The summed E-state index contributed by atoms with van der Waals surface area (Å²) in [4.78, 5) is 23.5. The number of unbranched alkanes of at least 4 members (excludes halogenated alkanes) is 8. The first-order chi connectivity index (χ1) is 16.6. The van der Waals surface area contributed by atoms with Crippen LogP contribution in [0.1, 0.15) is 84.0 Å². The van der Waals surface area contributed by atoms with Crippen molar-refractivity contribution in [3.05, 3.63) is 24.3 Å². The van der Waals surface area contributed by atoms with Crippen molar-refractivity contribution < 1.29 is 37.6 Å². The zero-order valence-electron chi connectivity index (χ0n) is 22.5. The van der Waals surface area contributed by atoms with E-state index in [-0.39, 0.29) is 19.6 Å². The minimum atomic E-state index is -4.49. The molecule has 2 atom stereocenters. The average molecular weight is 520 g/mol. The number of esters is 1. The highest BCUT2D eigenvalue weighted by molar-refractivity contribution is 7.45. The number of carbonyl (C=O) groups excluding carboxylic acids is 1. The molecule has 9 heteroatoms. The number of nitrogens with zero attached hydrogens (tertiary/aromatic N) is 1. The van der Waals surface area contributed by atoms with Crippen molar-refractivity contribution in [3.63, 3.8) is 0 Å². The maximum Gasteiger partial charge on any atom is 0.305 e. The number of aliphatic hydroxyl groups excluding tert-OH is 1. The standard InChI is InChI=1S/C26H50NO7P/c1-5-6-7-8-9-10-11-12-13-14-15-16-17-18-19-20-26(29)32-23-25(28)24-34-35(30,31)33-22-21-27(2,3)4/h9-10,12-13,25,28H,5-8,11,14-24H2,1-4H3. The summed E-state index contributed by atoms with van der Waals surface area (Å²) in [5, 5.41) is 9.79. The number of ether oxygens (including phenoxy) is 1. The van der Waals surface area contributed by atoms with Crippen molar-refractivity contribution in [1.82, 2.24) is 0 Å². The van der Waals surface area contributed by atoms with Crippen molar-refractivity contribution in [2.75, 3.05) is 47.5 Å². The molecule has 35 heavy (non-hydrogen) atoms. The minimum absolute atomic E-state index is 0.0110. The molecule has 0 aromatic heterocycles. The first-order valence-corrected chi connectivity index (χ1v) is 14.6. The van der Waals surface area contributed by atoms with Gasteiger partial charge in [-0.05, 0) is 38.5 Å². The third kappa shape index (κ3) is 25.9. The molecule has 0 aliphatic carbocycles. The van der Waals surface area contributed by atoms with Crippen molar-refractivity contribution in [2.24, 2.45) is 0 Å². The van der Waals surface area contributed by atoms with Gasteiger partial charge in [0.15, 0.2) is 0 Å². The van der Waals surface area contributed by atoms with Gasteiger partial charge in [-0.1, -0.05) is 63.3 Å². The predicted molar refractivity (Wildman–Crippen MR) is 139 cm³/mol. The Labute approximate surface area is 213 Å². The molecule has 206 valence electrons. The molecule has 0 aliphatic rings. The first-order valence-electron chi connectivity index (χ1n) is 13.1. The number of likely N-dealkylation sites (N-methyl/N-ethyl adjacent to an activating group) is 1. The van der Waals surface area contributed by atoms with Crippen LogP contribution in [-0.2, 0) is 23.1 Å². The molecule has 0 aromatic rings. The Morgan fingerprint density at radius 3 is 2.14 bits per heavy atom. The molecular formula is C26H50NO7P. The molecule has 0 rings (SSSR count). The van der Waals surface area contributed by atoms with E-state index in [9.17, 15) is 19.4 Å². The molecule has 1 N–H and O–H groups in total. The predicted octanol–water partition coefficient (Wildman–Crippen LogP) is 4.91. The molecule has 2 unspecified atom stereocenters. The molecule has 0 amide bonds. The topological polar surface area (TPSA) is 105 Å². The summed E-state index contributed by atoms with van der Waals surface area (Å²) in [6.45, 7) is 1.88. The molecule has 0 radical (unpaired) electrons. The fourth-order valence-electron chi connectivity index (χ4n) is 3.03. The second kappa shape index (κ2) is 21.1. The van der Waals surface area contributed by atoms with Crippen LogP contribution in [0.15, 0.2) is 24.3 Å². The normalized spacial score (nSPS) is 15.0. The van der Waals surface area contributed by atoms with E-state index in [1.54, 1.807) is 0 Å². The van der Waals surface area contributed by atoms with Crippen molar-refractivity contribution in [1.29, 1.82) is 0 Å². The second-order valence-electron chi connectivity index (χ2n) is 9.91. The van der Waals surface area contributed by atoms with Crippen LogP contribution < -0.4 is 4.89 Å². The van der Waals surface area contributed by atoms with Gasteiger partial charge in [-0.25, -0.2) is 0 Å². The number of quaternary nitrogens is 1. The van der Waals surface area contributed by atoms with Gasteiger partial charge in [-0.2, -0.15) is 0 Å². The Morgan fingerprint density at radius 2 is 1.51 bits per heavy atom. The highest BCUT2D eigenvalue weighted by Gasteiger charge is 2.16. The van der Waals surface area contributed by atoms with Crippen molar-refractivity contribution in [2.45, 2.75) is 90.1 Å². The number of allylic oxidation sites excluding steroid dienone is 4. The second-order valence-corrected chi connectivity index (χ2v) is 11.3. The molecule has 0 fully saturated rings. The van der Waals surface area contributed by atoms with E-state index in [1.165, 1.54) is 25.7 Å². The minimum Gasteiger partial charge on any atom is -0.756 e. The number of aliphatic hydroxyl groups is 1. The summed E-state index contributed by atoms with van der Waals surface area (Å²) >= 11 is 0. The lowest BCUT2D eigenvalue weighted by molar-refractivity contribution is -0.870. The summed E-state index contributed by atoms with van der Waals surface area (Å²) in [6.07, 6.45) is 20.2. The zero-order chi connectivity index (χ0) is 26.4. The summed E-state index contributed by atoms with van der Waals surface area (Å²) in [7, 11) is 1.24. The Balaban J connectivity index is 3.64. The van der Waals surface area contributed by atoms with Crippen LogP contribution in [0.25, 0.3) is 0 Å². The van der Waals surface area contributed by atoms with Gasteiger partial charge in [0.1, 0.15) is 25.9 Å². The summed E-state index contributed by atoms with van der Waals surface area (Å²) < 4.78 is 26.6. The van der Waals surface area contributed by atoms with Gasteiger partial charge in [0.2, 0.25) is 0 Å². The van der Waals surface area contributed by atoms with Crippen LogP contribution in [-0.4, -0.2) is 69.2 Å². The van der Waals surface area contributed by atoms with E-state index >= 15 is 0 Å². The van der Waals surface area contributed by atoms with Gasteiger partial charge >= 0.3 is 5.97 Å². The third-order valence-electron chi connectivity index (χ3n) is 5.20. The quantitative estimate of drug-likeness (QED) is 0.0672. The van der Waals surface area contributed by atoms with E-state index in [4.69, 9.17) is 9.26 Å². The van der Waals surface area contributed by atoms with Crippen molar-refractivity contribution >= 4 is 13.8 Å². The zero-order valence-corrected chi connectivity index (χ0v) is 23.4. The summed E-state index contributed by atoms with van der Waals surface area (Å²) in [5.41, 5.74) is 0. The van der Waals surface area contributed by atoms with E-state index < -0.39 is 26.5 Å². The SMILES string of the molecule is CCCCCC=CCC=CCCCCCCCC(=O)OCC(O)COP(=O)([O-])OCC[N+](C)(C)C. The first kappa shape index (κ1) is 34.0. The maximum atomic E-state index is 11.8. The van der Waals surface area contributed by atoms with Gasteiger partial charge in [0, 0.05) is 6.42 Å². The number of phosphoric ester groups is 1. The van der Waals surface area contributed by atoms with E-state index in [0.717, 1.165) is 44.9 Å². The monoisotopic (exact) mass is 519 g/mol. The number of phosphoric acid groups is 1. The van der Waals surface area contributed by atoms with Gasteiger partial charge in [0.25, 0.3) is 7.82 Å². The van der Waals surface area contributed by atoms with Gasteiger partial charge in [0.05, 0.1) is 27.7 Å². The Bertz CT molecular complexity index is 632. The summed E-state index contributed by atoms with van der Waals surface area (Å²) in [6, 6.07) is 0. The van der Waals surface area contributed by atoms with Crippen LogP contribution in [0.4, 0.5) is 0 Å². The highest BCUT2D eigenvalue weighted by Crippen LogP contribution is 2.38. The number of hydrogen-bond acceptors (Lipinski definition) is 7. The lowest BCUT2D eigenvalue weighted by Crippen LogP contribution is -2.37. The molecule has 0 saturated carbocycles. The highest BCUT2D eigenvalue weighted by atomic mass is 31.2. The third-order valence-corrected chi connectivity index (χ3v) is 6.17. The van der Waals surface area contributed by atoms with Gasteiger partial charge in [-0.15, -0.1) is 0 Å². The molecule has 0 heterocycles. The number of carbonyl (C=O) groups is 1. The fourth-order valence-corrected chi connectivity index (χ4v) is 3.77. The van der Waals surface area contributed by atoms with Gasteiger partial charge in [-0.3, -0.25) is 9.36 Å². The maximum absolute atomic E-state index is 11.8. The van der Waals surface area contributed by atoms with Crippen LogP contribution in [0.5, 0.6) is 0 Å². The smallest absolute Gasteiger partial charge is 0.305 e. The molecule has 0 aromatic carbocycles. The van der Waals surface area contributed by atoms with Crippen LogP contribution in [0.2, 0.25) is 0 Å². The van der Waals surface area contributed by atoms with Crippen LogP contribution >= 0.6 is 7.82 Å². The molecule has 0 spiro atoms. The molecule has 0 aliphatic heterocycles. The lowest BCUT2D eigenvalue weighted by atomic mass is 10.1. The summed E-state index contributed by atoms with van der Waals surface area (Å²) in [5.74, 6) is -0.403. The Hall–Kier alpha value is -1.02. The molecule has 8 nitrogen and oxygen atoms in total. The Kier molecular flexibility index (Phi) is 20.5. The van der Waals surface area contributed by atoms with Crippen LogP contribution in [0, 0.1) is 0 Å². The van der Waals surface area contributed by atoms with E-state index in [1.807, 2.05) is 21.1 Å². The number of hydrogen-bond donors (Lipinski definition) is 1. The molecular weight excluding hydrogens is 469 g/mol. The van der Waals surface area contributed by atoms with E-state index in [0.29, 0.717) is 11.0 Å². The Morgan fingerprint density at radius 1 is 0.914 bits per heavy atom. The average Bonchev–Trinajstić information content (AvgIpc) is 2.78. The largest absolute Gasteiger partial charge is 0.756 e. The molecule has 0 saturated heterocycles. The lowest BCUT2D eigenvalue weighted by Gasteiger charge is -2.27.